The summed E-state index contributed by atoms with van der Waals surface area (Å²) in [5, 5.41) is 0. The van der Waals surface area contributed by atoms with E-state index in [-0.39, 0.29) is 18.6 Å². The fraction of sp³-hybridized carbons (Fsp3) is 0.650. The van der Waals surface area contributed by atoms with E-state index in [0.717, 1.165) is 38.5 Å². The molecule has 0 radical (unpaired) electrons. The Morgan fingerprint density at radius 1 is 1.29 bits per heavy atom. The van der Waals surface area contributed by atoms with Gasteiger partial charge in [-0.25, -0.2) is 0 Å². The lowest BCUT2D eigenvalue weighted by molar-refractivity contribution is -0.140. The Bertz CT molecular complexity index is 556. The molecule has 1 saturated carbocycles. The summed E-state index contributed by atoms with van der Waals surface area (Å²) in [7, 11) is 1.58. The van der Waals surface area contributed by atoms with Crippen molar-refractivity contribution < 1.29 is 14.3 Å². The number of rotatable bonds is 7. The second-order valence-electron chi connectivity index (χ2n) is 7.33. The first kappa shape index (κ1) is 17.4. The van der Waals surface area contributed by atoms with Crippen LogP contribution in [0.15, 0.2) is 24.3 Å². The second kappa shape index (κ2) is 8.13. The lowest BCUT2D eigenvalue weighted by Crippen LogP contribution is -2.48. The lowest BCUT2D eigenvalue weighted by Gasteiger charge is -2.38. The summed E-state index contributed by atoms with van der Waals surface area (Å²) in [5.41, 5.74) is 2.62. The maximum Gasteiger partial charge on any atom is 0.248 e. The van der Waals surface area contributed by atoms with Crippen LogP contribution in [0.5, 0.6) is 0 Å². The third-order valence-electron chi connectivity index (χ3n) is 5.11. The average Bonchev–Trinajstić information content (AvgIpc) is 3.38. The molecule has 3 rings (SSSR count). The van der Waals surface area contributed by atoms with Crippen LogP contribution in [0.4, 0.5) is 0 Å². The third-order valence-corrected chi connectivity index (χ3v) is 5.11. The van der Waals surface area contributed by atoms with E-state index in [1.54, 1.807) is 7.11 Å². The molecule has 132 valence electrons. The average molecular weight is 331 g/mol. The Morgan fingerprint density at radius 2 is 2.12 bits per heavy atom. The van der Waals surface area contributed by atoms with Crippen LogP contribution in [0, 0.1) is 18.8 Å². The molecular formula is C20H29NO3. The molecule has 2 atom stereocenters. The number of aryl methyl sites for hydroxylation is 1. The van der Waals surface area contributed by atoms with Crippen molar-refractivity contribution in [2.24, 2.45) is 11.8 Å². The minimum atomic E-state index is 0.0902. The topological polar surface area (TPSA) is 38.8 Å². The number of hydrogen-bond donors (Lipinski definition) is 0. The fourth-order valence-corrected chi connectivity index (χ4v) is 3.55. The number of nitrogens with zero attached hydrogens (tertiary/aromatic N) is 1. The van der Waals surface area contributed by atoms with Crippen molar-refractivity contribution in [3.8, 4) is 0 Å². The maximum absolute atomic E-state index is 12.2. The summed E-state index contributed by atoms with van der Waals surface area (Å²) in [6.07, 6.45) is 4.78. The molecule has 1 aliphatic carbocycles. The van der Waals surface area contributed by atoms with Crippen LogP contribution in [0.2, 0.25) is 0 Å². The SMILES string of the molecule is COCC(=O)N1CC[C@H](OCC2CC2)[C@@H](Cc2cccc(C)c2)C1. The van der Waals surface area contributed by atoms with Crippen LogP contribution in [-0.4, -0.2) is 50.3 Å². The highest BCUT2D eigenvalue weighted by atomic mass is 16.5. The standard InChI is InChI=1S/C20H29NO3/c1-15-4-3-5-17(10-15)11-18-12-21(20(22)14-23-2)9-8-19(18)24-13-16-6-7-16/h3-5,10,16,18-19H,6-9,11-14H2,1-2H3/t18-,19-/m0/s1. The highest BCUT2D eigenvalue weighted by Crippen LogP contribution is 2.32. The Morgan fingerprint density at radius 3 is 2.83 bits per heavy atom. The zero-order valence-electron chi connectivity index (χ0n) is 14.9. The normalized spacial score (nSPS) is 24.2. The van der Waals surface area contributed by atoms with Crippen molar-refractivity contribution in [3.63, 3.8) is 0 Å². The van der Waals surface area contributed by atoms with Gasteiger partial charge in [0.2, 0.25) is 5.91 Å². The van der Waals surface area contributed by atoms with Gasteiger partial charge in [-0.15, -0.1) is 0 Å². The summed E-state index contributed by atoms with van der Waals surface area (Å²) in [5.74, 6) is 1.23. The Labute approximate surface area is 145 Å². The number of piperidine rings is 1. The van der Waals surface area contributed by atoms with E-state index in [0.29, 0.717) is 5.92 Å². The van der Waals surface area contributed by atoms with Gasteiger partial charge in [-0.1, -0.05) is 29.8 Å². The van der Waals surface area contributed by atoms with Gasteiger partial charge in [0.1, 0.15) is 6.61 Å². The molecule has 1 aliphatic heterocycles. The number of benzene rings is 1. The first-order chi connectivity index (χ1) is 11.7. The number of methoxy groups -OCH3 is 1. The lowest BCUT2D eigenvalue weighted by atomic mass is 9.88. The zero-order valence-corrected chi connectivity index (χ0v) is 14.9. The first-order valence-electron chi connectivity index (χ1n) is 9.09. The molecule has 1 saturated heterocycles. The summed E-state index contributed by atoms with van der Waals surface area (Å²) < 4.78 is 11.3. The van der Waals surface area contributed by atoms with Crippen molar-refractivity contribution in [2.75, 3.05) is 33.4 Å². The van der Waals surface area contributed by atoms with E-state index in [1.165, 1.54) is 24.0 Å². The van der Waals surface area contributed by atoms with Crippen LogP contribution < -0.4 is 0 Å². The minimum absolute atomic E-state index is 0.0902. The number of hydrogen-bond acceptors (Lipinski definition) is 3. The van der Waals surface area contributed by atoms with E-state index < -0.39 is 0 Å². The molecule has 0 N–H and O–H groups in total. The predicted molar refractivity (Wildman–Crippen MR) is 93.9 cm³/mol. The molecule has 24 heavy (non-hydrogen) atoms. The third kappa shape index (κ3) is 4.81. The van der Waals surface area contributed by atoms with Crippen molar-refractivity contribution in [1.82, 2.24) is 4.90 Å². The van der Waals surface area contributed by atoms with Crippen molar-refractivity contribution in [3.05, 3.63) is 35.4 Å². The molecule has 4 nitrogen and oxygen atoms in total. The van der Waals surface area contributed by atoms with Gasteiger partial charge in [0.15, 0.2) is 0 Å². The Balaban J connectivity index is 1.65. The molecule has 1 heterocycles. The smallest absolute Gasteiger partial charge is 0.248 e. The van der Waals surface area contributed by atoms with Crippen LogP contribution in [0.25, 0.3) is 0 Å². The molecule has 2 aliphatic rings. The molecule has 1 aromatic carbocycles. The molecular weight excluding hydrogens is 302 g/mol. The van der Waals surface area contributed by atoms with E-state index in [4.69, 9.17) is 9.47 Å². The largest absolute Gasteiger partial charge is 0.377 e. The van der Waals surface area contributed by atoms with Crippen LogP contribution in [0.3, 0.4) is 0 Å². The highest BCUT2D eigenvalue weighted by molar-refractivity contribution is 5.77. The van der Waals surface area contributed by atoms with E-state index >= 15 is 0 Å². The second-order valence-corrected chi connectivity index (χ2v) is 7.33. The summed E-state index contributed by atoms with van der Waals surface area (Å²) in [6.45, 7) is 4.74. The molecule has 0 unspecified atom stereocenters. The van der Waals surface area contributed by atoms with E-state index in [1.807, 2.05) is 4.90 Å². The molecule has 0 aromatic heterocycles. The number of ether oxygens (including phenoxy) is 2. The summed E-state index contributed by atoms with van der Waals surface area (Å²) in [6, 6.07) is 8.66. The van der Waals surface area contributed by atoms with Gasteiger partial charge in [0.25, 0.3) is 0 Å². The zero-order chi connectivity index (χ0) is 16.9. The van der Waals surface area contributed by atoms with Crippen LogP contribution in [-0.2, 0) is 20.7 Å². The molecule has 4 heteroatoms. The highest BCUT2D eigenvalue weighted by Gasteiger charge is 2.33. The number of carbonyl (C=O) groups is 1. The van der Waals surface area contributed by atoms with Gasteiger partial charge in [-0.2, -0.15) is 0 Å². The fourth-order valence-electron chi connectivity index (χ4n) is 3.55. The molecule has 1 aromatic rings. The molecule has 2 fully saturated rings. The van der Waals surface area contributed by atoms with Gasteiger partial charge in [0.05, 0.1) is 6.10 Å². The number of likely N-dealkylation sites (tertiary alicyclic amines) is 1. The van der Waals surface area contributed by atoms with Crippen molar-refractivity contribution in [2.45, 2.75) is 38.7 Å². The first-order valence-corrected chi connectivity index (χ1v) is 9.09. The van der Waals surface area contributed by atoms with Gasteiger partial charge < -0.3 is 14.4 Å². The van der Waals surface area contributed by atoms with Crippen molar-refractivity contribution >= 4 is 5.91 Å². The predicted octanol–water partition coefficient (Wildman–Crippen LogP) is 2.83. The Hall–Kier alpha value is -1.39. The number of carbonyl (C=O) groups excluding carboxylic acids is 1. The maximum atomic E-state index is 12.2. The monoisotopic (exact) mass is 331 g/mol. The van der Waals surface area contributed by atoms with Crippen LogP contribution >= 0.6 is 0 Å². The van der Waals surface area contributed by atoms with Crippen molar-refractivity contribution in [1.29, 1.82) is 0 Å². The molecule has 0 bridgehead atoms. The van der Waals surface area contributed by atoms with E-state index in [2.05, 4.69) is 31.2 Å². The van der Waals surface area contributed by atoms with Gasteiger partial charge in [-0.05, 0) is 44.1 Å². The van der Waals surface area contributed by atoms with Gasteiger partial charge in [-0.3, -0.25) is 4.79 Å². The minimum Gasteiger partial charge on any atom is -0.377 e. The quantitative estimate of drug-likeness (QED) is 0.771. The summed E-state index contributed by atoms with van der Waals surface area (Å²) >= 11 is 0. The Kier molecular flexibility index (Phi) is 5.90. The number of amides is 1. The van der Waals surface area contributed by atoms with Gasteiger partial charge in [0, 0.05) is 32.7 Å². The molecule has 0 spiro atoms. The molecule has 1 amide bonds. The van der Waals surface area contributed by atoms with Gasteiger partial charge >= 0.3 is 0 Å². The van der Waals surface area contributed by atoms with Crippen LogP contribution in [0.1, 0.15) is 30.4 Å². The summed E-state index contributed by atoms with van der Waals surface area (Å²) in [4.78, 5) is 14.1. The van der Waals surface area contributed by atoms with E-state index in [9.17, 15) is 4.79 Å².